The fourth-order valence-electron chi connectivity index (χ4n) is 1.21. The third-order valence-electron chi connectivity index (χ3n) is 1.88. The Kier molecular flexibility index (Phi) is 3.20. The van der Waals surface area contributed by atoms with Crippen molar-refractivity contribution in [2.24, 2.45) is 5.92 Å². The SMILES string of the molecule is CC1CCC(OC(F)F)NC1. The van der Waals surface area contributed by atoms with Crippen LogP contribution in [0.3, 0.4) is 0 Å². The molecule has 0 saturated carbocycles. The van der Waals surface area contributed by atoms with Gasteiger partial charge >= 0.3 is 6.61 Å². The molecule has 1 fully saturated rings. The number of nitrogens with one attached hydrogen (secondary N) is 1. The summed E-state index contributed by atoms with van der Waals surface area (Å²) in [5.74, 6) is 0.576. The lowest BCUT2D eigenvalue weighted by molar-refractivity contribution is -0.177. The summed E-state index contributed by atoms with van der Waals surface area (Å²) in [4.78, 5) is 0. The average molecular weight is 165 g/mol. The zero-order valence-corrected chi connectivity index (χ0v) is 6.52. The Balaban J connectivity index is 2.17. The average Bonchev–Trinajstić information content (AvgIpc) is 1.93. The summed E-state index contributed by atoms with van der Waals surface area (Å²) in [5.41, 5.74) is 0. The third-order valence-corrected chi connectivity index (χ3v) is 1.88. The second kappa shape index (κ2) is 3.97. The first-order chi connectivity index (χ1) is 5.18. The van der Waals surface area contributed by atoms with E-state index < -0.39 is 12.8 Å². The van der Waals surface area contributed by atoms with Crippen LogP contribution in [0.15, 0.2) is 0 Å². The maximum absolute atomic E-state index is 11.7. The molecule has 4 heteroatoms. The Morgan fingerprint density at radius 2 is 2.18 bits per heavy atom. The number of piperidine rings is 1. The highest BCUT2D eigenvalue weighted by Gasteiger charge is 2.20. The molecule has 2 unspecified atom stereocenters. The van der Waals surface area contributed by atoms with Crippen molar-refractivity contribution < 1.29 is 13.5 Å². The molecule has 0 radical (unpaired) electrons. The minimum Gasteiger partial charge on any atom is -0.304 e. The Hall–Kier alpha value is -0.220. The fraction of sp³-hybridized carbons (Fsp3) is 1.00. The molecule has 1 aliphatic heterocycles. The molecule has 1 aliphatic rings. The van der Waals surface area contributed by atoms with Crippen LogP contribution in [0.1, 0.15) is 19.8 Å². The van der Waals surface area contributed by atoms with Crippen molar-refractivity contribution in [3.8, 4) is 0 Å². The zero-order valence-electron chi connectivity index (χ0n) is 6.52. The molecule has 11 heavy (non-hydrogen) atoms. The molecule has 0 aromatic carbocycles. The van der Waals surface area contributed by atoms with E-state index in [1.54, 1.807) is 0 Å². The van der Waals surface area contributed by atoms with E-state index in [0.717, 1.165) is 13.0 Å². The molecule has 1 saturated heterocycles. The maximum atomic E-state index is 11.7. The van der Waals surface area contributed by atoms with Gasteiger partial charge in [0, 0.05) is 6.54 Å². The first kappa shape index (κ1) is 8.87. The Labute approximate surface area is 64.9 Å². The van der Waals surface area contributed by atoms with Gasteiger partial charge < -0.3 is 4.74 Å². The molecule has 0 aromatic heterocycles. The van der Waals surface area contributed by atoms with Crippen LogP contribution in [0.2, 0.25) is 0 Å². The summed E-state index contributed by atoms with van der Waals surface area (Å²) in [6.07, 6.45) is 1.21. The fourth-order valence-corrected chi connectivity index (χ4v) is 1.21. The second-order valence-corrected chi connectivity index (χ2v) is 2.98. The molecule has 2 nitrogen and oxygen atoms in total. The van der Waals surface area contributed by atoms with Crippen LogP contribution >= 0.6 is 0 Å². The van der Waals surface area contributed by atoms with E-state index in [2.05, 4.69) is 17.0 Å². The van der Waals surface area contributed by atoms with E-state index in [1.165, 1.54) is 0 Å². The quantitative estimate of drug-likeness (QED) is 0.670. The highest BCUT2D eigenvalue weighted by Crippen LogP contribution is 2.15. The van der Waals surface area contributed by atoms with E-state index >= 15 is 0 Å². The summed E-state index contributed by atoms with van der Waals surface area (Å²) in [5, 5.41) is 2.90. The van der Waals surface area contributed by atoms with Crippen LogP contribution in [-0.4, -0.2) is 19.4 Å². The second-order valence-electron chi connectivity index (χ2n) is 2.98. The lowest BCUT2D eigenvalue weighted by atomic mass is 10.0. The predicted molar refractivity (Wildman–Crippen MR) is 37.3 cm³/mol. The van der Waals surface area contributed by atoms with E-state index in [4.69, 9.17) is 0 Å². The van der Waals surface area contributed by atoms with Gasteiger partial charge in [-0.15, -0.1) is 0 Å². The highest BCUT2D eigenvalue weighted by molar-refractivity contribution is 4.68. The topological polar surface area (TPSA) is 21.3 Å². The number of alkyl halides is 2. The first-order valence-electron chi connectivity index (χ1n) is 3.85. The maximum Gasteiger partial charge on any atom is 0.346 e. The molecule has 0 amide bonds. The van der Waals surface area contributed by atoms with Crippen LogP contribution in [0.5, 0.6) is 0 Å². The van der Waals surface area contributed by atoms with Gasteiger partial charge in [-0.25, -0.2) is 0 Å². The van der Waals surface area contributed by atoms with Crippen molar-refractivity contribution in [2.75, 3.05) is 6.54 Å². The van der Waals surface area contributed by atoms with Crippen LogP contribution in [-0.2, 0) is 4.74 Å². The molecule has 1 rings (SSSR count). The molecule has 1 N–H and O–H groups in total. The molecule has 0 bridgehead atoms. The Morgan fingerprint density at radius 1 is 1.45 bits per heavy atom. The van der Waals surface area contributed by atoms with Crippen LogP contribution < -0.4 is 5.32 Å². The van der Waals surface area contributed by atoms with Gasteiger partial charge in [-0.05, 0) is 18.8 Å². The van der Waals surface area contributed by atoms with Gasteiger partial charge in [0.15, 0.2) is 0 Å². The molecule has 1 heterocycles. The van der Waals surface area contributed by atoms with Gasteiger partial charge in [-0.2, -0.15) is 8.78 Å². The number of hydrogen-bond donors (Lipinski definition) is 1. The van der Waals surface area contributed by atoms with Gasteiger partial charge in [0.25, 0.3) is 0 Å². The summed E-state index contributed by atoms with van der Waals surface area (Å²) in [6, 6.07) is 0. The van der Waals surface area contributed by atoms with Gasteiger partial charge in [-0.3, -0.25) is 5.32 Å². The smallest absolute Gasteiger partial charge is 0.304 e. The first-order valence-corrected chi connectivity index (χ1v) is 3.85. The Bertz CT molecular complexity index is 113. The van der Waals surface area contributed by atoms with Gasteiger partial charge in [0.2, 0.25) is 0 Å². The van der Waals surface area contributed by atoms with Crippen molar-refractivity contribution >= 4 is 0 Å². The highest BCUT2D eigenvalue weighted by atomic mass is 19.3. The normalized spacial score (nSPS) is 32.7. The minimum absolute atomic E-state index is 0.439. The summed E-state index contributed by atoms with van der Waals surface area (Å²) in [6.45, 7) is 0.212. The van der Waals surface area contributed by atoms with Gasteiger partial charge in [0.05, 0.1) is 0 Å². The summed E-state index contributed by atoms with van der Waals surface area (Å²) >= 11 is 0. The van der Waals surface area contributed by atoms with Crippen molar-refractivity contribution in [3.63, 3.8) is 0 Å². The number of ether oxygens (including phenoxy) is 1. The predicted octanol–water partition coefficient (Wildman–Crippen LogP) is 1.57. The Morgan fingerprint density at radius 3 is 2.64 bits per heavy atom. The van der Waals surface area contributed by atoms with Crippen molar-refractivity contribution in [3.05, 3.63) is 0 Å². The molecule has 0 aliphatic carbocycles. The largest absolute Gasteiger partial charge is 0.346 e. The monoisotopic (exact) mass is 165 g/mol. The zero-order chi connectivity index (χ0) is 8.27. The molecule has 66 valence electrons. The van der Waals surface area contributed by atoms with E-state index in [0.29, 0.717) is 12.3 Å². The van der Waals surface area contributed by atoms with Crippen molar-refractivity contribution in [2.45, 2.75) is 32.6 Å². The van der Waals surface area contributed by atoms with Crippen LogP contribution in [0.4, 0.5) is 8.78 Å². The molecule has 0 spiro atoms. The van der Waals surface area contributed by atoms with E-state index in [9.17, 15) is 8.78 Å². The van der Waals surface area contributed by atoms with E-state index in [-0.39, 0.29) is 0 Å². The number of rotatable bonds is 2. The standard InChI is InChI=1S/C7H13F2NO/c1-5-2-3-6(10-4-5)11-7(8)9/h5-7,10H,2-4H2,1H3. The molecular formula is C7H13F2NO. The van der Waals surface area contributed by atoms with Crippen molar-refractivity contribution in [1.29, 1.82) is 0 Å². The van der Waals surface area contributed by atoms with Gasteiger partial charge in [0.1, 0.15) is 6.23 Å². The molecule has 0 aromatic rings. The van der Waals surface area contributed by atoms with Crippen molar-refractivity contribution in [1.82, 2.24) is 5.32 Å². The van der Waals surface area contributed by atoms with E-state index in [1.807, 2.05) is 0 Å². The third kappa shape index (κ3) is 3.12. The van der Waals surface area contributed by atoms with Crippen LogP contribution in [0.25, 0.3) is 0 Å². The van der Waals surface area contributed by atoms with Gasteiger partial charge in [-0.1, -0.05) is 6.92 Å². The summed E-state index contributed by atoms with van der Waals surface area (Å²) in [7, 11) is 0. The lowest BCUT2D eigenvalue weighted by Crippen LogP contribution is -2.40. The van der Waals surface area contributed by atoms with Crippen LogP contribution in [0, 0.1) is 5.92 Å². The summed E-state index contributed by atoms with van der Waals surface area (Å²) < 4.78 is 27.6. The molecule has 2 atom stereocenters. The minimum atomic E-state index is -2.65. The number of halogens is 2. The molecular weight excluding hydrogens is 152 g/mol. The lowest BCUT2D eigenvalue weighted by Gasteiger charge is -2.27. The number of hydrogen-bond acceptors (Lipinski definition) is 2.